The lowest BCUT2D eigenvalue weighted by Gasteiger charge is -2.15. The first-order chi connectivity index (χ1) is 8.75. The van der Waals surface area contributed by atoms with Crippen molar-refractivity contribution in [2.75, 3.05) is 11.5 Å². The molecule has 4 N–H and O–H groups in total. The van der Waals surface area contributed by atoms with Crippen molar-refractivity contribution >= 4 is 17.4 Å². The van der Waals surface area contributed by atoms with E-state index in [1.165, 1.54) is 44.1 Å². The molecule has 2 heterocycles. The largest absolute Gasteiger partial charge is 0.384 e. The van der Waals surface area contributed by atoms with Crippen LogP contribution in [0.2, 0.25) is 0 Å². The average molecular weight is 245 g/mol. The molecule has 0 spiro atoms. The van der Waals surface area contributed by atoms with Gasteiger partial charge in [-0.3, -0.25) is 0 Å². The van der Waals surface area contributed by atoms with Crippen LogP contribution >= 0.6 is 0 Å². The zero-order valence-corrected chi connectivity index (χ0v) is 10.5. The Kier molecular flexibility index (Phi) is 2.81. The van der Waals surface area contributed by atoms with Gasteiger partial charge in [-0.05, 0) is 24.8 Å². The molecule has 18 heavy (non-hydrogen) atoms. The Labute approximate surface area is 106 Å². The van der Waals surface area contributed by atoms with E-state index < -0.39 is 0 Å². The van der Waals surface area contributed by atoms with Gasteiger partial charge in [0, 0.05) is 5.56 Å². The Bertz CT molecular complexity index is 552. The van der Waals surface area contributed by atoms with E-state index in [1.807, 2.05) is 6.07 Å². The van der Waals surface area contributed by atoms with Crippen LogP contribution in [0.4, 0.5) is 11.8 Å². The fourth-order valence-corrected chi connectivity index (χ4v) is 2.92. The second kappa shape index (κ2) is 4.48. The lowest BCUT2D eigenvalue weighted by Crippen LogP contribution is -2.05. The van der Waals surface area contributed by atoms with Crippen LogP contribution in [0.3, 0.4) is 0 Å². The summed E-state index contributed by atoms with van der Waals surface area (Å²) in [5, 5.41) is 4.15. The van der Waals surface area contributed by atoms with Crippen LogP contribution in [0.1, 0.15) is 50.0 Å². The van der Waals surface area contributed by atoms with Crippen LogP contribution in [-0.4, -0.2) is 14.6 Å². The van der Waals surface area contributed by atoms with Crippen LogP contribution in [-0.2, 0) is 0 Å². The normalized spacial score (nSPS) is 18.0. The predicted octanol–water partition coefficient (Wildman–Crippen LogP) is 2.33. The summed E-state index contributed by atoms with van der Waals surface area (Å²) in [7, 11) is 0. The number of hydrogen-bond donors (Lipinski definition) is 2. The van der Waals surface area contributed by atoms with E-state index in [1.54, 1.807) is 4.52 Å². The molecule has 3 rings (SSSR count). The average Bonchev–Trinajstić information content (AvgIpc) is 2.60. The molecule has 0 unspecified atom stereocenters. The quantitative estimate of drug-likeness (QED) is 0.755. The smallest absolute Gasteiger partial charge is 0.240 e. The van der Waals surface area contributed by atoms with Gasteiger partial charge in [-0.25, -0.2) is 0 Å². The van der Waals surface area contributed by atoms with E-state index in [4.69, 9.17) is 11.5 Å². The number of fused-ring (bicyclic) bond motifs is 1. The summed E-state index contributed by atoms with van der Waals surface area (Å²) in [6.45, 7) is 0. The fraction of sp³-hybridized carbons (Fsp3) is 0.538. The first kappa shape index (κ1) is 11.3. The summed E-state index contributed by atoms with van der Waals surface area (Å²) < 4.78 is 1.66. The number of pyridine rings is 1. The maximum Gasteiger partial charge on any atom is 0.240 e. The highest BCUT2D eigenvalue weighted by atomic mass is 15.3. The van der Waals surface area contributed by atoms with Crippen molar-refractivity contribution in [2.24, 2.45) is 0 Å². The van der Waals surface area contributed by atoms with Crippen LogP contribution in [0, 0.1) is 0 Å². The van der Waals surface area contributed by atoms with Gasteiger partial charge in [-0.1, -0.05) is 31.7 Å². The summed E-state index contributed by atoms with van der Waals surface area (Å²) in [6.07, 6.45) is 7.74. The molecule has 5 heteroatoms. The first-order valence-corrected chi connectivity index (χ1v) is 6.66. The molecule has 2 aromatic heterocycles. The number of aromatic nitrogens is 3. The van der Waals surface area contributed by atoms with Crippen molar-refractivity contribution in [1.29, 1.82) is 0 Å². The molecule has 1 aliphatic rings. The van der Waals surface area contributed by atoms with Gasteiger partial charge in [-0.2, -0.15) is 9.50 Å². The summed E-state index contributed by atoms with van der Waals surface area (Å²) >= 11 is 0. The summed E-state index contributed by atoms with van der Waals surface area (Å²) in [5.41, 5.74) is 13.7. The molecule has 2 aromatic rings. The molecule has 0 atom stereocenters. The molecule has 96 valence electrons. The number of nitrogens with zero attached hydrogens (tertiary/aromatic N) is 3. The molecular formula is C13H19N5. The Hall–Kier alpha value is -1.78. The molecule has 1 aliphatic carbocycles. The standard InChI is InChI=1S/C13H19N5/c14-11-8-7-10(9-5-3-1-2-4-6-9)12-16-13(15)17-18(11)12/h7-9H,1-6,14H2,(H2,15,17). The maximum atomic E-state index is 5.90. The highest BCUT2D eigenvalue weighted by Gasteiger charge is 2.19. The minimum Gasteiger partial charge on any atom is -0.384 e. The molecule has 0 aromatic carbocycles. The van der Waals surface area contributed by atoms with Crippen LogP contribution in [0.25, 0.3) is 5.65 Å². The van der Waals surface area contributed by atoms with Crippen molar-refractivity contribution < 1.29 is 0 Å². The fourth-order valence-electron chi connectivity index (χ4n) is 2.92. The highest BCUT2D eigenvalue weighted by Crippen LogP contribution is 2.34. The van der Waals surface area contributed by atoms with Crippen molar-refractivity contribution in [3.05, 3.63) is 17.7 Å². The van der Waals surface area contributed by atoms with Crippen molar-refractivity contribution in [2.45, 2.75) is 44.4 Å². The monoisotopic (exact) mass is 245 g/mol. The summed E-state index contributed by atoms with van der Waals surface area (Å²) in [6, 6.07) is 4.00. The van der Waals surface area contributed by atoms with Crippen LogP contribution in [0.15, 0.2) is 12.1 Å². The van der Waals surface area contributed by atoms with Crippen LogP contribution in [0.5, 0.6) is 0 Å². The minimum absolute atomic E-state index is 0.294. The molecule has 0 saturated heterocycles. The van der Waals surface area contributed by atoms with Gasteiger partial charge < -0.3 is 11.5 Å². The van der Waals surface area contributed by atoms with E-state index in [0.29, 0.717) is 17.7 Å². The number of rotatable bonds is 1. The molecule has 1 fully saturated rings. The Morgan fingerprint density at radius 2 is 1.78 bits per heavy atom. The first-order valence-electron chi connectivity index (χ1n) is 6.66. The van der Waals surface area contributed by atoms with Crippen molar-refractivity contribution in [1.82, 2.24) is 14.6 Å². The Morgan fingerprint density at radius 3 is 2.50 bits per heavy atom. The molecule has 0 bridgehead atoms. The van der Waals surface area contributed by atoms with Gasteiger partial charge in [0.25, 0.3) is 0 Å². The minimum atomic E-state index is 0.294. The van der Waals surface area contributed by atoms with Gasteiger partial charge in [0.15, 0.2) is 5.65 Å². The van der Waals surface area contributed by atoms with E-state index >= 15 is 0 Å². The van der Waals surface area contributed by atoms with E-state index in [9.17, 15) is 0 Å². The molecular weight excluding hydrogens is 226 g/mol. The molecule has 0 amide bonds. The molecule has 5 nitrogen and oxygen atoms in total. The number of anilines is 2. The molecule has 0 aliphatic heterocycles. The third-order valence-corrected chi connectivity index (χ3v) is 3.85. The number of nitrogen functional groups attached to an aromatic ring is 2. The molecule has 0 radical (unpaired) electrons. The third-order valence-electron chi connectivity index (χ3n) is 3.85. The summed E-state index contributed by atoms with van der Waals surface area (Å²) in [5.74, 6) is 1.45. The van der Waals surface area contributed by atoms with E-state index in [2.05, 4.69) is 16.1 Å². The highest BCUT2D eigenvalue weighted by molar-refractivity contribution is 5.56. The number of hydrogen-bond acceptors (Lipinski definition) is 4. The zero-order valence-electron chi connectivity index (χ0n) is 10.5. The van der Waals surface area contributed by atoms with Crippen molar-refractivity contribution in [3.63, 3.8) is 0 Å². The van der Waals surface area contributed by atoms with Gasteiger partial charge >= 0.3 is 0 Å². The van der Waals surface area contributed by atoms with Gasteiger partial charge in [0.05, 0.1) is 0 Å². The third kappa shape index (κ3) is 1.89. The van der Waals surface area contributed by atoms with Gasteiger partial charge in [0.2, 0.25) is 5.95 Å². The van der Waals surface area contributed by atoms with Gasteiger partial charge in [0.1, 0.15) is 5.82 Å². The maximum absolute atomic E-state index is 5.90. The lowest BCUT2D eigenvalue weighted by molar-refractivity contribution is 0.593. The number of nitrogens with two attached hydrogens (primary N) is 2. The lowest BCUT2D eigenvalue weighted by atomic mass is 9.92. The predicted molar refractivity (Wildman–Crippen MR) is 72.3 cm³/mol. The van der Waals surface area contributed by atoms with E-state index in [-0.39, 0.29) is 0 Å². The summed E-state index contributed by atoms with van der Waals surface area (Å²) in [4.78, 5) is 4.33. The Morgan fingerprint density at radius 1 is 1.06 bits per heavy atom. The Balaban J connectivity index is 2.07. The molecule has 1 saturated carbocycles. The SMILES string of the molecule is Nc1nc2c(C3CCCCCC3)ccc(N)n2n1. The van der Waals surface area contributed by atoms with Crippen molar-refractivity contribution in [3.8, 4) is 0 Å². The second-order valence-electron chi connectivity index (χ2n) is 5.11. The second-order valence-corrected chi connectivity index (χ2v) is 5.11. The van der Waals surface area contributed by atoms with Gasteiger partial charge in [-0.15, -0.1) is 5.10 Å². The van der Waals surface area contributed by atoms with E-state index in [0.717, 1.165) is 5.65 Å². The topological polar surface area (TPSA) is 82.2 Å². The van der Waals surface area contributed by atoms with Crippen LogP contribution < -0.4 is 11.5 Å². The zero-order chi connectivity index (χ0) is 12.5.